The second-order valence-electron chi connectivity index (χ2n) is 16.5. The van der Waals surface area contributed by atoms with Crippen LogP contribution in [0.1, 0.15) is 30.5 Å². The number of benzene rings is 9. The molecule has 1 aliphatic rings. The first-order valence-corrected chi connectivity index (χ1v) is 20.4. The molecule has 0 radical (unpaired) electrons. The lowest BCUT2D eigenvalue weighted by molar-refractivity contribution is 0.660. The molecule has 0 bridgehead atoms. The fourth-order valence-corrected chi connectivity index (χ4v) is 10.0. The highest BCUT2D eigenvalue weighted by atomic mass is 16.3. The molecule has 2 aromatic heterocycles. The third kappa shape index (κ3) is 4.95. The summed E-state index contributed by atoms with van der Waals surface area (Å²) in [6, 6.07) is 65.6. The molecule has 0 aliphatic heterocycles. The van der Waals surface area contributed by atoms with Crippen molar-refractivity contribution < 1.29 is 8.83 Å². The number of furan rings is 2. The molecule has 0 spiro atoms. The van der Waals surface area contributed by atoms with Crippen molar-refractivity contribution in [2.24, 2.45) is 0 Å². The Labute approximate surface area is 342 Å². The van der Waals surface area contributed by atoms with Crippen LogP contribution in [0.15, 0.2) is 191 Å². The van der Waals surface area contributed by atoms with E-state index in [9.17, 15) is 0 Å². The molecule has 0 N–H and O–H groups in total. The molecule has 0 atom stereocenters. The fraction of sp³-hybridized carbons (Fsp3) is 0.0714. The molecule has 59 heavy (non-hydrogen) atoms. The molecule has 0 unspecified atom stereocenters. The summed E-state index contributed by atoms with van der Waals surface area (Å²) in [6.45, 7) is 6.92. The molecular weight excluding hydrogens is 719 g/mol. The molecular formula is C56H39NO2. The maximum Gasteiger partial charge on any atom is 0.144 e. The van der Waals surface area contributed by atoms with Gasteiger partial charge in [-0.3, -0.25) is 0 Å². The fourth-order valence-electron chi connectivity index (χ4n) is 10.0. The maximum atomic E-state index is 7.16. The standard InChI is InChI=1S/C56H39NO2/c1-34-15-13-23-46(51(34)36-17-5-4-6-18-36)57(39-29-30-41-40-20-9-11-22-44(40)56(2,3)45(41)32-39)47-24-14-26-49-53(47)43-33-50-54(42-21-10-12-25-48(42)58-50)52(55(43)59-49)38-28-27-35-16-7-8-19-37(35)31-38/h4-33H,1-3H3. The van der Waals surface area contributed by atoms with Gasteiger partial charge in [-0.15, -0.1) is 0 Å². The molecule has 12 rings (SSSR count). The third-order valence-electron chi connectivity index (χ3n) is 12.8. The Balaban J connectivity index is 1.19. The highest BCUT2D eigenvalue weighted by molar-refractivity contribution is 6.26. The van der Waals surface area contributed by atoms with E-state index in [4.69, 9.17) is 8.83 Å². The van der Waals surface area contributed by atoms with Crippen molar-refractivity contribution in [1.29, 1.82) is 0 Å². The molecule has 3 heteroatoms. The van der Waals surface area contributed by atoms with Crippen LogP contribution in [-0.2, 0) is 5.41 Å². The number of hydrogen-bond acceptors (Lipinski definition) is 3. The molecule has 0 amide bonds. The van der Waals surface area contributed by atoms with Gasteiger partial charge in [-0.05, 0) is 105 Å². The van der Waals surface area contributed by atoms with E-state index >= 15 is 0 Å². The zero-order valence-corrected chi connectivity index (χ0v) is 33.1. The predicted octanol–water partition coefficient (Wildman–Crippen LogP) is 16.1. The largest absolute Gasteiger partial charge is 0.456 e. The quantitative estimate of drug-likeness (QED) is 0.175. The van der Waals surface area contributed by atoms with E-state index in [1.165, 1.54) is 49.7 Å². The summed E-state index contributed by atoms with van der Waals surface area (Å²) in [7, 11) is 0. The summed E-state index contributed by atoms with van der Waals surface area (Å²) in [5.41, 5.74) is 17.4. The van der Waals surface area contributed by atoms with Gasteiger partial charge in [0, 0.05) is 38.4 Å². The lowest BCUT2D eigenvalue weighted by atomic mass is 9.82. The monoisotopic (exact) mass is 757 g/mol. The molecule has 0 saturated heterocycles. The lowest BCUT2D eigenvalue weighted by Gasteiger charge is -2.31. The van der Waals surface area contributed by atoms with Crippen molar-refractivity contribution in [2.75, 3.05) is 4.90 Å². The highest BCUT2D eigenvalue weighted by Crippen LogP contribution is 2.54. The van der Waals surface area contributed by atoms with Gasteiger partial charge in [0.1, 0.15) is 22.3 Å². The van der Waals surface area contributed by atoms with Crippen LogP contribution in [0.5, 0.6) is 0 Å². The van der Waals surface area contributed by atoms with Gasteiger partial charge in [0.2, 0.25) is 0 Å². The minimum Gasteiger partial charge on any atom is -0.456 e. The van der Waals surface area contributed by atoms with E-state index in [2.05, 4.69) is 202 Å². The van der Waals surface area contributed by atoms with E-state index in [-0.39, 0.29) is 5.41 Å². The van der Waals surface area contributed by atoms with Crippen molar-refractivity contribution in [3.63, 3.8) is 0 Å². The van der Waals surface area contributed by atoms with Crippen molar-refractivity contribution in [1.82, 2.24) is 0 Å². The zero-order valence-electron chi connectivity index (χ0n) is 33.1. The number of hydrogen-bond donors (Lipinski definition) is 0. The number of para-hydroxylation sites is 1. The van der Waals surface area contributed by atoms with Gasteiger partial charge >= 0.3 is 0 Å². The SMILES string of the molecule is Cc1cccc(N(c2ccc3c(c2)C(C)(C)c2ccccc2-3)c2cccc3oc4c(-c5ccc6ccccc6c5)c5c(cc4c23)oc2ccccc25)c1-c1ccccc1. The van der Waals surface area contributed by atoms with Gasteiger partial charge in [-0.25, -0.2) is 0 Å². The number of rotatable bonds is 5. The van der Waals surface area contributed by atoms with Crippen LogP contribution < -0.4 is 4.90 Å². The topological polar surface area (TPSA) is 29.5 Å². The minimum atomic E-state index is -0.168. The highest BCUT2D eigenvalue weighted by Gasteiger charge is 2.36. The molecule has 2 heterocycles. The first-order chi connectivity index (χ1) is 28.9. The Morgan fingerprint density at radius 1 is 0.441 bits per heavy atom. The van der Waals surface area contributed by atoms with Gasteiger partial charge in [-0.2, -0.15) is 0 Å². The maximum absolute atomic E-state index is 7.16. The van der Waals surface area contributed by atoms with Crippen LogP contribution >= 0.6 is 0 Å². The van der Waals surface area contributed by atoms with E-state index in [1.807, 2.05) is 6.07 Å². The zero-order chi connectivity index (χ0) is 39.4. The van der Waals surface area contributed by atoms with E-state index < -0.39 is 0 Å². The third-order valence-corrected chi connectivity index (χ3v) is 12.8. The van der Waals surface area contributed by atoms with Crippen LogP contribution in [0.2, 0.25) is 0 Å². The van der Waals surface area contributed by atoms with Crippen LogP contribution in [-0.4, -0.2) is 0 Å². The van der Waals surface area contributed by atoms with Gasteiger partial charge in [0.05, 0.1) is 16.8 Å². The van der Waals surface area contributed by atoms with Crippen LogP contribution in [0, 0.1) is 6.92 Å². The van der Waals surface area contributed by atoms with Crippen molar-refractivity contribution in [3.05, 3.63) is 199 Å². The van der Waals surface area contributed by atoms with E-state index in [1.54, 1.807) is 0 Å². The Kier molecular flexibility index (Phi) is 7.19. The second-order valence-corrected chi connectivity index (χ2v) is 16.5. The number of anilines is 3. The Morgan fingerprint density at radius 3 is 2.07 bits per heavy atom. The average molecular weight is 758 g/mol. The summed E-state index contributed by atoms with van der Waals surface area (Å²) >= 11 is 0. The summed E-state index contributed by atoms with van der Waals surface area (Å²) in [5, 5.41) is 6.57. The molecule has 280 valence electrons. The molecule has 1 aliphatic carbocycles. The van der Waals surface area contributed by atoms with Gasteiger partial charge in [0.15, 0.2) is 0 Å². The smallest absolute Gasteiger partial charge is 0.144 e. The number of nitrogens with zero attached hydrogens (tertiary/aromatic N) is 1. The van der Waals surface area contributed by atoms with Crippen LogP contribution in [0.3, 0.4) is 0 Å². The Bertz CT molecular complexity index is 3490. The predicted molar refractivity (Wildman–Crippen MR) is 246 cm³/mol. The van der Waals surface area contributed by atoms with Crippen molar-refractivity contribution in [3.8, 4) is 33.4 Å². The van der Waals surface area contributed by atoms with Gasteiger partial charge in [-0.1, -0.05) is 147 Å². The molecule has 9 aromatic carbocycles. The van der Waals surface area contributed by atoms with Crippen molar-refractivity contribution >= 4 is 71.7 Å². The lowest BCUT2D eigenvalue weighted by Crippen LogP contribution is -2.17. The Morgan fingerprint density at radius 2 is 1.17 bits per heavy atom. The van der Waals surface area contributed by atoms with Gasteiger partial charge in [0.25, 0.3) is 0 Å². The molecule has 11 aromatic rings. The average Bonchev–Trinajstić information content (AvgIpc) is 3.91. The van der Waals surface area contributed by atoms with Crippen molar-refractivity contribution in [2.45, 2.75) is 26.2 Å². The summed E-state index contributed by atoms with van der Waals surface area (Å²) < 4.78 is 13.9. The van der Waals surface area contributed by atoms with Gasteiger partial charge < -0.3 is 13.7 Å². The normalized spacial score (nSPS) is 13.1. The van der Waals surface area contributed by atoms with E-state index in [0.29, 0.717) is 0 Å². The number of aryl methyl sites for hydroxylation is 1. The first-order valence-electron chi connectivity index (χ1n) is 20.4. The Hall–Kier alpha value is -7.36. The summed E-state index contributed by atoms with van der Waals surface area (Å²) in [4.78, 5) is 2.46. The summed E-state index contributed by atoms with van der Waals surface area (Å²) in [6.07, 6.45) is 0. The molecule has 0 saturated carbocycles. The van der Waals surface area contributed by atoms with Crippen LogP contribution in [0.25, 0.3) is 88.0 Å². The van der Waals surface area contributed by atoms with E-state index in [0.717, 1.165) is 72.1 Å². The first kappa shape index (κ1) is 33.7. The molecule has 3 nitrogen and oxygen atoms in total. The molecule has 0 fully saturated rings. The summed E-state index contributed by atoms with van der Waals surface area (Å²) in [5.74, 6) is 0. The minimum absolute atomic E-state index is 0.168. The second kappa shape index (κ2) is 12.6. The van der Waals surface area contributed by atoms with Crippen LogP contribution in [0.4, 0.5) is 17.1 Å². The number of fused-ring (bicyclic) bond motifs is 10.